The van der Waals surface area contributed by atoms with Crippen LogP contribution < -0.4 is 4.90 Å². The van der Waals surface area contributed by atoms with Gasteiger partial charge < -0.3 is 4.90 Å². The van der Waals surface area contributed by atoms with E-state index in [0.717, 1.165) is 17.0 Å². The number of carbonyl (C=O) groups excluding carboxylic acids is 1. The number of rotatable bonds is 5. The van der Waals surface area contributed by atoms with E-state index in [1.807, 2.05) is 50.2 Å². The molecule has 0 radical (unpaired) electrons. The van der Waals surface area contributed by atoms with Crippen LogP contribution in [-0.4, -0.2) is 38.3 Å². The van der Waals surface area contributed by atoms with Gasteiger partial charge in [0, 0.05) is 30.2 Å². The SMILES string of the molecule is CCN(C(=O)[C@@H]1CCCN(S(=O)(=O)c2ccc(C)s2)C1)c1ccccc1. The first-order valence-corrected chi connectivity index (χ1v) is 11.1. The molecule has 1 saturated heterocycles. The van der Waals surface area contributed by atoms with Crippen molar-refractivity contribution in [1.82, 2.24) is 4.31 Å². The zero-order valence-corrected chi connectivity index (χ0v) is 16.7. The Kier molecular flexibility index (Phi) is 5.79. The molecule has 3 rings (SSSR count). The fourth-order valence-corrected chi connectivity index (χ4v) is 6.30. The van der Waals surface area contributed by atoms with Gasteiger partial charge >= 0.3 is 0 Å². The lowest BCUT2D eigenvalue weighted by atomic mass is 9.98. The van der Waals surface area contributed by atoms with Gasteiger partial charge in [-0.2, -0.15) is 4.31 Å². The Labute approximate surface area is 159 Å². The number of hydrogen-bond acceptors (Lipinski definition) is 4. The first-order chi connectivity index (χ1) is 12.4. The number of hydrogen-bond donors (Lipinski definition) is 0. The third-order valence-corrected chi connectivity index (χ3v) is 8.03. The Bertz CT molecular complexity index is 862. The number of sulfonamides is 1. The molecule has 1 aliphatic rings. The van der Waals surface area contributed by atoms with E-state index in [1.165, 1.54) is 15.6 Å². The van der Waals surface area contributed by atoms with Crippen molar-refractivity contribution in [2.45, 2.75) is 30.9 Å². The summed E-state index contributed by atoms with van der Waals surface area (Å²) in [5.74, 6) is -0.305. The maximum absolute atomic E-state index is 13.0. The van der Waals surface area contributed by atoms with E-state index < -0.39 is 10.0 Å². The van der Waals surface area contributed by atoms with E-state index in [-0.39, 0.29) is 18.4 Å². The van der Waals surface area contributed by atoms with Gasteiger partial charge in [-0.15, -0.1) is 11.3 Å². The number of piperidine rings is 1. The second kappa shape index (κ2) is 7.90. The lowest BCUT2D eigenvalue weighted by molar-refractivity contribution is -0.123. The molecule has 0 saturated carbocycles. The van der Waals surface area contributed by atoms with Crippen molar-refractivity contribution < 1.29 is 13.2 Å². The number of amides is 1. The summed E-state index contributed by atoms with van der Waals surface area (Å²) in [6.45, 7) is 5.13. The van der Waals surface area contributed by atoms with E-state index in [4.69, 9.17) is 0 Å². The highest BCUT2D eigenvalue weighted by molar-refractivity contribution is 7.91. The first kappa shape index (κ1) is 19.1. The number of para-hydroxylation sites is 1. The van der Waals surface area contributed by atoms with Crippen molar-refractivity contribution in [3.05, 3.63) is 47.3 Å². The van der Waals surface area contributed by atoms with Crippen LogP contribution in [0.2, 0.25) is 0 Å². The molecule has 140 valence electrons. The number of nitrogens with zero attached hydrogens (tertiary/aromatic N) is 2. The van der Waals surface area contributed by atoms with E-state index in [9.17, 15) is 13.2 Å². The van der Waals surface area contributed by atoms with E-state index >= 15 is 0 Å². The monoisotopic (exact) mass is 392 g/mol. The van der Waals surface area contributed by atoms with Gasteiger partial charge in [0.25, 0.3) is 10.0 Å². The predicted octanol–water partition coefficient (Wildman–Crippen LogP) is 3.51. The van der Waals surface area contributed by atoms with Crippen molar-refractivity contribution >= 4 is 33.0 Å². The Morgan fingerprint density at radius 3 is 2.58 bits per heavy atom. The lowest BCUT2D eigenvalue weighted by Crippen LogP contribution is -2.46. The Morgan fingerprint density at radius 1 is 1.23 bits per heavy atom. The molecule has 1 aliphatic heterocycles. The smallest absolute Gasteiger partial charge is 0.252 e. The molecule has 1 atom stereocenters. The minimum Gasteiger partial charge on any atom is -0.312 e. The number of anilines is 1. The molecule has 0 aliphatic carbocycles. The second-order valence-corrected chi connectivity index (χ2v) is 9.94. The molecule has 0 N–H and O–H groups in total. The minimum atomic E-state index is -3.52. The van der Waals surface area contributed by atoms with Crippen LogP contribution in [0.4, 0.5) is 5.69 Å². The molecule has 2 heterocycles. The molecule has 5 nitrogen and oxygen atoms in total. The molecule has 1 amide bonds. The zero-order valence-electron chi connectivity index (χ0n) is 15.1. The highest BCUT2D eigenvalue weighted by atomic mass is 32.2. The van der Waals surface area contributed by atoms with Crippen LogP contribution in [0, 0.1) is 12.8 Å². The average Bonchev–Trinajstić information content (AvgIpc) is 3.10. The number of aryl methyl sites for hydroxylation is 1. The highest BCUT2D eigenvalue weighted by Crippen LogP contribution is 2.29. The van der Waals surface area contributed by atoms with Crippen molar-refractivity contribution in [2.24, 2.45) is 5.92 Å². The van der Waals surface area contributed by atoms with Gasteiger partial charge in [-0.25, -0.2) is 8.42 Å². The Hall–Kier alpha value is -1.70. The lowest BCUT2D eigenvalue weighted by Gasteiger charge is -2.33. The molecule has 7 heteroatoms. The fourth-order valence-electron chi connectivity index (χ4n) is 3.33. The number of carbonyl (C=O) groups is 1. The van der Waals surface area contributed by atoms with Crippen molar-refractivity contribution in [3.8, 4) is 0 Å². The summed E-state index contributed by atoms with van der Waals surface area (Å²) in [5.41, 5.74) is 0.855. The van der Waals surface area contributed by atoms with Crippen LogP contribution in [0.15, 0.2) is 46.7 Å². The van der Waals surface area contributed by atoms with Crippen LogP contribution >= 0.6 is 11.3 Å². The predicted molar refractivity (Wildman–Crippen MR) is 105 cm³/mol. The maximum Gasteiger partial charge on any atom is 0.252 e. The van der Waals surface area contributed by atoms with Gasteiger partial charge in [-0.05, 0) is 51.0 Å². The second-order valence-electron chi connectivity index (χ2n) is 6.49. The van der Waals surface area contributed by atoms with Crippen molar-refractivity contribution in [3.63, 3.8) is 0 Å². The summed E-state index contributed by atoms with van der Waals surface area (Å²) >= 11 is 1.28. The summed E-state index contributed by atoms with van der Waals surface area (Å²) in [4.78, 5) is 15.8. The van der Waals surface area contributed by atoms with Crippen LogP contribution in [0.5, 0.6) is 0 Å². The Morgan fingerprint density at radius 2 is 1.96 bits per heavy atom. The summed E-state index contributed by atoms with van der Waals surface area (Å²) in [6, 6.07) is 13.0. The number of thiophene rings is 1. The highest BCUT2D eigenvalue weighted by Gasteiger charge is 2.35. The standard InChI is InChI=1S/C19H24N2O3S2/c1-3-21(17-9-5-4-6-10-17)19(22)16-8-7-13-20(14-16)26(23,24)18-12-11-15(2)25-18/h4-6,9-12,16H,3,7-8,13-14H2,1-2H3/t16-/m1/s1. The molecule has 0 spiro atoms. The van der Waals surface area contributed by atoms with E-state index in [0.29, 0.717) is 23.7 Å². The largest absolute Gasteiger partial charge is 0.312 e. The quantitative estimate of drug-likeness (QED) is 0.782. The van der Waals surface area contributed by atoms with Crippen molar-refractivity contribution in [1.29, 1.82) is 0 Å². The molecule has 2 aromatic rings. The summed E-state index contributed by atoms with van der Waals surface area (Å²) in [6.07, 6.45) is 1.42. The first-order valence-electron chi connectivity index (χ1n) is 8.86. The van der Waals surface area contributed by atoms with Gasteiger partial charge in [-0.1, -0.05) is 18.2 Å². The van der Waals surface area contributed by atoms with Gasteiger partial charge in [0.2, 0.25) is 5.91 Å². The molecule has 26 heavy (non-hydrogen) atoms. The molecule has 1 fully saturated rings. The Balaban J connectivity index is 1.78. The topological polar surface area (TPSA) is 57.7 Å². The third kappa shape index (κ3) is 3.84. The fraction of sp³-hybridized carbons (Fsp3) is 0.421. The van der Waals surface area contributed by atoms with E-state index in [2.05, 4.69) is 0 Å². The maximum atomic E-state index is 13.0. The van der Waals surface area contributed by atoms with Gasteiger partial charge in [-0.3, -0.25) is 4.79 Å². The van der Waals surface area contributed by atoms with Gasteiger partial charge in [0.1, 0.15) is 4.21 Å². The third-order valence-electron chi connectivity index (χ3n) is 4.69. The summed E-state index contributed by atoms with van der Waals surface area (Å²) < 4.78 is 27.6. The normalized spacial score (nSPS) is 18.6. The van der Waals surface area contributed by atoms with Gasteiger partial charge in [0.15, 0.2) is 0 Å². The average molecular weight is 393 g/mol. The van der Waals surface area contributed by atoms with Crippen LogP contribution in [-0.2, 0) is 14.8 Å². The molecule has 1 aromatic heterocycles. The van der Waals surface area contributed by atoms with Crippen LogP contribution in [0.1, 0.15) is 24.6 Å². The zero-order chi connectivity index (χ0) is 18.7. The molecule has 0 unspecified atom stereocenters. The molecular formula is C19H24N2O3S2. The van der Waals surface area contributed by atoms with Crippen LogP contribution in [0.25, 0.3) is 0 Å². The van der Waals surface area contributed by atoms with Crippen LogP contribution in [0.3, 0.4) is 0 Å². The van der Waals surface area contributed by atoms with Gasteiger partial charge in [0.05, 0.1) is 5.92 Å². The molecule has 0 bridgehead atoms. The van der Waals surface area contributed by atoms with Crippen molar-refractivity contribution in [2.75, 3.05) is 24.5 Å². The number of benzene rings is 1. The summed E-state index contributed by atoms with van der Waals surface area (Å²) in [5, 5.41) is 0. The van der Waals surface area contributed by atoms with E-state index in [1.54, 1.807) is 11.0 Å². The minimum absolute atomic E-state index is 0.000889. The summed E-state index contributed by atoms with van der Waals surface area (Å²) in [7, 11) is -3.52. The molecular weight excluding hydrogens is 368 g/mol. The molecule has 1 aromatic carbocycles.